The highest BCUT2D eigenvalue weighted by atomic mass is 16.8. The number of aliphatic hydroxyl groups excluding tert-OH is 5. The number of fused-ring (bicyclic) bond motifs is 7. The SMILES string of the molecule is C[C@H](NC(=O)[C@@]1(C)CC[C@]2(C)CC[C@]3(C)C(=CC(=O)C4[C@@]5(C)CCC(OC6OC(C(=O)N[C@H](C)C(=O)O)C(O)C(O)C6OC6OC(C(=O)N[C@H](C)C(=O)O)C(O)C(O)C6O)C(C)(C)C5CC[C@]43C)C2C1)C(=O)O. The zero-order chi connectivity index (χ0) is 54.5. The first kappa shape index (κ1) is 56.6. The van der Waals surface area contributed by atoms with E-state index >= 15 is 4.79 Å². The largest absolute Gasteiger partial charge is 0.480 e. The minimum absolute atomic E-state index is 0.00574. The molecule has 22 heteroatoms. The second-order valence-electron chi connectivity index (χ2n) is 24.3. The number of aliphatic carboxylic acids is 3. The van der Waals surface area contributed by atoms with Gasteiger partial charge in [0.05, 0.1) is 6.10 Å². The maximum Gasteiger partial charge on any atom is 0.325 e. The second kappa shape index (κ2) is 19.8. The standard InChI is InChI=1S/C51H77N3O19/c1-21(40(63)64)52-38(61)34-30(57)29(56)33(60)43(71-34)73-36-32(59)31(58)35(39(62)53-22(2)41(65)66)72-44(36)70-28-12-13-49(8)27(46(28,4)5)11-14-51(10)37(49)26(55)19-24-25-20-48(7,45(69)54-23(3)42(67)68)16-15-47(25,6)17-18-50(24,51)9/h19,21-23,25,27-37,43-44,56-60H,11-18,20H2,1-10H3,(H,52,61)(H,53,62)(H,54,69)(H,63,64)(H,65,66)(H,67,68)/t21-,22-,23+,25?,27?,28?,29?,30?,31?,32?,33?,34?,35?,36?,37?,43?,44?,47-,48+,49+,50-,51-/m1/s1. The Morgan fingerprint density at radius 2 is 1.15 bits per heavy atom. The van der Waals surface area contributed by atoms with Crippen molar-refractivity contribution in [2.75, 3.05) is 0 Å². The molecule has 5 aliphatic carbocycles. The molecule has 73 heavy (non-hydrogen) atoms. The Bertz CT molecular complexity index is 2260. The van der Waals surface area contributed by atoms with Gasteiger partial charge in [0, 0.05) is 11.3 Å². The fourth-order valence-electron chi connectivity index (χ4n) is 14.6. The van der Waals surface area contributed by atoms with Gasteiger partial charge in [-0.25, -0.2) is 0 Å². The Hall–Kier alpha value is -4.13. The van der Waals surface area contributed by atoms with E-state index in [2.05, 4.69) is 43.6 Å². The van der Waals surface area contributed by atoms with Gasteiger partial charge in [-0.1, -0.05) is 54.0 Å². The van der Waals surface area contributed by atoms with E-state index in [0.717, 1.165) is 31.8 Å². The molecule has 11 N–H and O–H groups in total. The van der Waals surface area contributed by atoms with Crippen molar-refractivity contribution >= 4 is 41.4 Å². The van der Waals surface area contributed by atoms with Crippen LogP contribution in [0, 0.1) is 50.2 Å². The van der Waals surface area contributed by atoms with Gasteiger partial charge >= 0.3 is 17.9 Å². The van der Waals surface area contributed by atoms with E-state index in [1.54, 1.807) is 0 Å². The van der Waals surface area contributed by atoms with Gasteiger partial charge in [0.1, 0.15) is 54.7 Å². The van der Waals surface area contributed by atoms with Crippen LogP contribution in [0.4, 0.5) is 0 Å². The van der Waals surface area contributed by atoms with Crippen molar-refractivity contribution in [2.45, 2.75) is 213 Å². The van der Waals surface area contributed by atoms with Gasteiger partial charge in [0.25, 0.3) is 11.8 Å². The Kier molecular flexibility index (Phi) is 15.3. The predicted octanol–water partition coefficient (Wildman–Crippen LogP) is 0.760. The Morgan fingerprint density at radius 1 is 0.630 bits per heavy atom. The number of rotatable bonds is 13. The van der Waals surface area contributed by atoms with Crippen molar-refractivity contribution in [2.24, 2.45) is 50.2 Å². The van der Waals surface area contributed by atoms with Gasteiger partial charge < -0.3 is 75.8 Å². The summed E-state index contributed by atoms with van der Waals surface area (Å²) in [6.07, 6.45) is -13.6. The number of hydrogen-bond donors (Lipinski definition) is 11. The van der Waals surface area contributed by atoms with E-state index in [0.29, 0.717) is 38.5 Å². The van der Waals surface area contributed by atoms with Crippen LogP contribution in [0.2, 0.25) is 0 Å². The van der Waals surface area contributed by atoms with E-state index in [-0.39, 0.29) is 28.9 Å². The summed E-state index contributed by atoms with van der Waals surface area (Å²) in [6, 6.07) is -3.98. The van der Waals surface area contributed by atoms with Crippen molar-refractivity contribution in [3.8, 4) is 0 Å². The van der Waals surface area contributed by atoms with Crippen LogP contribution < -0.4 is 16.0 Å². The smallest absolute Gasteiger partial charge is 0.325 e. The molecular formula is C51H77N3O19. The second-order valence-corrected chi connectivity index (χ2v) is 24.3. The number of carboxylic acid groups (broad SMARTS) is 3. The van der Waals surface area contributed by atoms with Crippen LogP contribution in [0.15, 0.2) is 11.6 Å². The fourth-order valence-corrected chi connectivity index (χ4v) is 14.6. The van der Waals surface area contributed by atoms with E-state index in [1.165, 1.54) is 13.8 Å². The van der Waals surface area contributed by atoms with Crippen molar-refractivity contribution in [3.05, 3.63) is 11.6 Å². The molecule has 22 nitrogen and oxygen atoms in total. The molecule has 3 amide bonds. The Balaban J connectivity index is 1.18. The van der Waals surface area contributed by atoms with Crippen molar-refractivity contribution in [1.29, 1.82) is 0 Å². The summed E-state index contributed by atoms with van der Waals surface area (Å²) in [5.41, 5.74) is -2.32. The van der Waals surface area contributed by atoms with Crippen LogP contribution in [-0.2, 0) is 52.5 Å². The monoisotopic (exact) mass is 1040 g/mol. The molecule has 0 spiro atoms. The van der Waals surface area contributed by atoms with E-state index in [4.69, 9.17) is 18.9 Å². The molecule has 7 rings (SSSR count). The summed E-state index contributed by atoms with van der Waals surface area (Å²) < 4.78 is 24.5. The number of carboxylic acids is 3. The number of allylic oxidation sites excluding steroid dienone is 2. The molecule has 0 radical (unpaired) electrons. The van der Waals surface area contributed by atoms with Gasteiger partial charge in [-0.15, -0.1) is 0 Å². The molecule has 2 aliphatic heterocycles. The van der Waals surface area contributed by atoms with Crippen molar-refractivity contribution < 1.29 is 93.4 Å². The average Bonchev–Trinajstić information content (AvgIpc) is 3.30. The highest BCUT2D eigenvalue weighted by Gasteiger charge is 2.71. The number of ketones is 1. The summed E-state index contributed by atoms with van der Waals surface area (Å²) in [7, 11) is 0. The molecule has 14 unspecified atom stereocenters. The molecule has 0 aromatic rings. The summed E-state index contributed by atoms with van der Waals surface area (Å²) in [6.45, 7) is 18.5. The van der Waals surface area contributed by atoms with Crippen molar-refractivity contribution in [3.63, 3.8) is 0 Å². The van der Waals surface area contributed by atoms with E-state index < -0.39 is 148 Å². The maximum absolute atomic E-state index is 15.2. The molecule has 7 aliphatic rings. The van der Waals surface area contributed by atoms with E-state index in [1.807, 2.05) is 26.8 Å². The fraction of sp³-hybridized carbons (Fsp3) is 0.824. The molecule has 22 atom stereocenters. The zero-order valence-corrected chi connectivity index (χ0v) is 43.3. The minimum atomic E-state index is -2.12. The van der Waals surface area contributed by atoms with Gasteiger partial charge in [0.15, 0.2) is 30.6 Å². The lowest BCUT2D eigenvalue weighted by molar-refractivity contribution is -0.369. The first-order valence-electron chi connectivity index (χ1n) is 25.6. The van der Waals surface area contributed by atoms with Gasteiger partial charge in [0.2, 0.25) is 5.91 Å². The van der Waals surface area contributed by atoms with E-state index in [9.17, 15) is 69.6 Å². The topological polar surface area (TPSA) is 354 Å². The number of ether oxygens (including phenoxy) is 4. The van der Waals surface area contributed by atoms with Crippen LogP contribution in [0.3, 0.4) is 0 Å². The maximum atomic E-state index is 15.2. The number of amides is 3. The number of carbonyl (C=O) groups excluding carboxylic acids is 4. The van der Waals surface area contributed by atoms with Crippen LogP contribution in [0.1, 0.15) is 127 Å². The quantitative estimate of drug-likeness (QED) is 0.113. The summed E-state index contributed by atoms with van der Waals surface area (Å²) >= 11 is 0. The molecule has 4 saturated carbocycles. The Morgan fingerprint density at radius 3 is 1.71 bits per heavy atom. The molecule has 0 bridgehead atoms. The van der Waals surface area contributed by atoms with Crippen LogP contribution >= 0.6 is 0 Å². The van der Waals surface area contributed by atoms with Crippen LogP contribution in [-0.4, -0.2) is 168 Å². The molecule has 0 aromatic heterocycles. The molecule has 2 heterocycles. The molecular weight excluding hydrogens is 959 g/mol. The van der Waals surface area contributed by atoms with Gasteiger partial charge in [-0.05, 0) is 124 Å². The first-order valence-corrected chi connectivity index (χ1v) is 25.6. The predicted molar refractivity (Wildman–Crippen MR) is 252 cm³/mol. The third-order valence-electron chi connectivity index (χ3n) is 19.5. The number of carbonyl (C=O) groups is 7. The lowest BCUT2D eigenvalue weighted by Gasteiger charge is -2.70. The molecule has 6 fully saturated rings. The third kappa shape index (κ3) is 9.52. The molecule has 2 saturated heterocycles. The molecule has 0 aromatic carbocycles. The summed E-state index contributed by atoms with van der Waals surface area (Å²) in [5, 5.41) is 91.2. The number of hydrogen-bond acceptors (Lipinski definition) is 16. The van der Waals surface area contributed by atoms with Gasteiger partial charge in [-0.3, -0.25) is 33.6 Å². The first-order chi connectivity index (χ1) is 33.7. The average molecular weight is 1040 g/mol. The highest BCUT2D eigenvalue weighted by Crippen LogP contribution is 2.75. The van der Waals surface area contributed by atoms with Crippen LogP contribution in [0.25, 0.3) is 0 Å². The third-order valence-corrected chi connectivity index (χ3v) is 19.5. The van der Waals surface area contributed by atoms with Crippen molar-refractivity contribution in [1.82, 2.24) is 16.0 Å². The lowest BCUT2D eigenvalue weighted by Crippen LogP contribution is -2.69. The highest BCUT2D eigenvalue weighted by molar-refractivity contribution is 5.96. The van der Waals surface area contributed by atoms with Gasteiger partial charge in [-0.2, -0.15) is 0 Å². The molecule has 410 valence electrons. The lowest BCUT2D eigenvalue weighted by atomic mass is 9.33. The number of nitrogens with one attached hydrogen (secondary N) is 3. The summed E-state index contributed by atoms with van der Waals surface area (Å²) in [5.74, 6) is -7.32. The normalized spacial score (nSPS) is 45.2. The summed E-state index contributed by atoms with van der Waals surface area (Å²) in [4.78, 5) is 90.5. The zero-order valence-electron chi connectivity index (χ0n) is 43.3. The minimum Gasteiger partial charge on any atom is -0.480 e. The Labute approximate surface area is 424 Å². The number of aliphatic hydroxyl groups is 5. The van der Waals surface area contributed by atoms with Crippen LogP contribution in [0.5, 0.6) is 0 Å².